The fraction of sp³-hybridized carbons (Fsp3) is 0.238. The summed E-state index contributed by atoms with van der Waals surface area (Å²) in [4.78, 5) is 9.72. The Hall–Kier alpha value is -2.39. The average molecular weight is 482 g/mol. The molecule has 1 unspecified atom stereocenters. The number of nitrogens with one attached hydrogen (secondary N) is 1. The maximum atomic E-state index is 15.7. The molecule has 10 heteroatoms. The number of aromatic nitrogens is 3. The van der Waals surface area contributed by atoms with Crippen molar-refractivity contribution in [3.8, 4) is 11.4 Å². The Morgan fingerprint density at radius 2 is 2.00 bits per heavy atom. The average Bonchev–Trinajstić information content (AvgIpc) is 3.33. The fourth-order valence-electron chi connectivity index (χ4n) is 3.36. The lowest BCUT2D eigenvalue weighted by Gasteiger charge is -2.12. The van der Waals surface area contributed by atoms with Gasteiger partial charge in [0.05, 0.1) is 24.7 Å². The van der Waals surface area contributed by atoms with E-state index in [-0.39, 0.29) is 23.7 Å². The lowest BCUT2D eigenvalue weighted by molar-refractivity contribution is 0.414. The number of fused-ring (bicyclic) bond motifs is 1. The first-order valence-corrected chi connectivity index (χ1v) is 10.7. The summed E-state index contributed by atoms with van der Waals surface area (Å²) in [5.74, 6) is 0.660. The monoisotopic (exact) mass is 481 g/mol. The number of hydrogen-bond donors (Lipinski definition) is 2. The summed E-state index contributed by atoms with van der Waals surface area (Å²) in [6, 6.07) is 11.0. The van der Waals surface area contributed by atoms with E-state index in [1.54, 1.807) is 23.0 Å². The van der Waals surface area contributed by atoms with Crippen LogP contribution in [0.5, 0.6) is 5.75 Å². The number of benzene rings is 1. The Balaban J connectivity index is 0.00000272. The van der Waals surface area contributed by atoms with Gasteiger partial charge in [-0.1, -0.05) is 6.07 Å². The number of ether oxygens (including phenoxy) is 1. The second-order valence-corrected chi connectivity index (χ2v) is 8.32. The smallest absolute Gasteiger partial charge is 0.226 e. The van der Waals surface area contributed by atoms with E-state index in [1.807, 2.05) is 48.7 Å². The second kappa shape index (κ2) is 9.82. The summed E-state index contributed by atoms with van der Waals surface area (Å²) in [5.41, 5.74) is 7.58. The highest BCUT2D eigenvalue weighted by Crippen LogP contribution is 2.34. The molecule has 164 valence electrons. The number of nitrogens with zero attached hydrogens (tertiary/aromatic N) is 3. The van der Waals surface area contributed by atoms with Gasteiger partial charge in [-0.3, -0.25) is 4.57 Å². The van der Waals surface area contributed by atoms with E-state index in [0.717, 1.165) is 10.6 Å². The minimum absolute atomic E-state index is 0. The third-order valence-electron chi connectivity index (χ3n) is 4.67. The second-order valence-electron chi connectivity index (χ2n) is 6.95. The minimum atomic E-state index is -0.400. The molecule has 4 aromatic rings. The molecule has 31 heavy (non-hydrogen) atoms. The van der Waals surface area contributed by atoms with E-state index in [4.69, 9.17) is 22.1 Å². The van der Waals surface area contributed by atoms with Gasteiger partial charge >= 0.3 is 0 Å². The highest BCUT2D eigenvalue weighted by Gasteiger charge is 2.24. The Kier molecular flexibility index (Phi) is 7.38. The largest absolute Gasteiger partial charge is 0.497 e. The molecule has 0 aliphatic carbocycles. The van der Waals surface area contributed by atoms with Gasteiger partial charge in [-0.25, -0.2) is 4.39 Å². The van der Waals surface area contributed by atoms with Crippen LogP contribution in [0.3, 0.4) is 0 Å². The van der Waals surface area contributed by atoms with E-state index in [2.05, 4.69) is 15.3 Å². The van der Waals surface area contributed by atoms with E-state index < -0.39 is 5.82 Å². The maximum Gasteiger partial charge on any atom is 0.226 e. The van der Waals surface area contributed by atoms with Crippen LogP contribution in [0.15, 0.2) is 41.8 Å². The normalized spacial score (nSPS) is 11.9. The van der Waals surface area contributed by atoms with Crippen molar-refractivity contribution in [3.63, 3.8) is 0 Å². The molecule has 4 rings (SSSR count). The Bertz CT molecular complexity index is 1160. The molecule has 0 bridgehead atoms. The first-order valence-electron chi connectivity index (χ1n) is 9.40. The Morgan fingerprint density at radius 3 is 2.61 bits per heavy atom. The summed E-state index contributed by atoms with van der Waals surface area (Å²) >= 11 is 7.83. The summed E-state index contributed by atoms with van der Waals surface area (Å²) in [6.45, 7) is 2.35. The number of rotatable bonds is 7. The molecule has 0 spiro atoms. The first kappa shape index (κ1) is 23.3. The molecule has 1 atom stereocenters. The zero-order valence-corrected chi connectivity index (χ0v) is 19.3. The van der Waals surface area contributed by atoms with Crippen LogP contribution in [0.25, 0.3) is 16.7 Å². The lowest BCUT2D eigenvalue weighted by atomic mass is 10.1. The van der Waals surface area contributed by atoms with Gasteiger partial charge in [0.25, 0.3) is 0 Å². The van der Waals surface area contributed by atoms with E-state index in [0.29, 0.717) is 41.3 Å². The number of anilines is 1. The van der Waals surface area contributed by atoms with Gasteiger partial charge in [0.2, 0.25) is 5.28 Å². The summed E-state index contributed by atoms with van der Waals surface area (Å²) in [7, 11) is 1.60. The molecule has 6 nitrogen and oxygen atoms in total. The van der Waals surface area contributed by atoms with Gasteiger partial charge in [-0.15, -0.1) is 23.7 Å². The SMILES string of the molecule is COc1ccc(-n2c(CC(C)N)c(F)c3c(NCc4cccs4)nc(Cl)nc32)cc1.Cl. The quantitative estimate of drug-likeness (QED) is 0.354. The van der Waals surface area contributed by atoms with Crippen LogP contribution in [-0.2, 0) is 13.0 Å². The molecular formula is C21H22Cl2FN5OS. The summed E-state index contributed by atoms with van der Waals surface area (Å²) in [6.07, 6.45) is 0.330. The fourth-order valence-corrected chi connectivity index (χ4v) is 4.17. The Labute approximate surface area is 194 Å². The van der Waals surface area contributed by atoms with Crippen molar-refractivity contribution in [2.24, 2.45) is 5.73 Å². The third-order valence-corrected chi connectivity index (χ3v) is 5.72. The van der Waals surface area contributed by atoms with Crippen molar-refractivity contribution in [1.29, 1.82) is 0 Å². The number of thiophene rings is 1. The topological polar surface area (TPSA) is 78.0 Å². The summed E-state index contributed by atoms with van der Waals surface area (Å²) < 4.78 is 22.7. The standard InChI is InChI=1S/C21H21ClFN5OS.ClH/c1-12(24)10-16-18(23)17-19(25-11-15-4-3-9-30-15)26-21(22)27-20(17)28(16)13-5-7-14(29-2)8-6-13;/h3-9,12H,10-11,24H2,1-2H3,(H,25,26,27);1H. The van der Waals surface area contributed by atoms with Crippen molar-refractivity contribution < 1.29 is 9.13 Å². The van der Waals surface area contributed by atoms with Crippen LogP contribution >= 0.6 is 35.3 Å². The van der Waals surface area contributed by atoms with Crippen LogP contribution in [0.1, 0.15) is 17.5 Å². The zero-order chi connectivity index (χ0) is 21.3. The van der Waals surface area contributed by atoms with Crippen LogP contribution in [-0.4, -0.2) is 27.7 Å². The lowest BCUT2D eigenvalue weighted by Crippen LogP contribution is -2.20. The molecule has 0 radical (unpaired) electrons. The highest BCUT2D eigenvalue weighted by atomic mass is 35.5. The Morgan fingerprint density at radius 1 is 1.26 bits per heavy atom. The molecule has 0 aliphatic heterocycles. The van der Waals surface area contributed by atoms with Crippen LogP contribution in [0.4, 0.5) is 10.2 Å². The van der Waals surface area contributed by atoms with E-state index in [9.17, 15) is 0 Å². The number of hydrogen-bond acceptors (Lipinski definition) is 6. The molecule has 3 N–H and O–H groups in total. The molecular weight excluding hydrogens is 460 g/mol. The van der Waals surface area contributed by atoms with Gasteiger partial charge in [0, 0.05) is 23.0 Å². The van der Waals surface area contributed by atoms with Crippen LogP contribution < -0.4 is 15.8 Å². The van der Waals surface area contributed by atoms with Crippen molar-refractivity contribution in [1.82, 2.24) is 14.5 Å². The molecule has 0 amide bonds. The molecule has 0 saturated carbocycles. The molecule has 1 aromatic carbocycles. The van der Waals surface area contributed by atoms with E-state index >= 15 is 4.39 Å². The first-order chi connectivity index (χ1) is 14.5. The number of nitrogens with two attached hydrogens (primary N) is 1. The van der Waals surface area contributed by atoms with Gasteiger partial charge in [-0.2, -0.15) is 9.97 Å². The van der Waals surface area contributed by atoms with Gasteiger partial charge in [-0.05, 0) is 54.2 Å². The number of halogens is 3. The number of methoxy groups -OCH3 is 1. The minimum Gasteiger partial charge on any atom is -0.497 e. The molecule has 0 aliphatic rings. The van der Waals surface area contributed by atoms with Crippen molar-refractivity contribution in [2.75, 3.05) is 12.4 Å². The van der Waals surface area contributed by atoms with Gasteiger partial charge < -0.3 is 15.8 Å². The predicted octanol–water partition coefficient (Wildman–Crippen LogP) is 5.21. The molecule has 0 saturated heterocycles. The van der Waals surface area contributed by atoms with Crippen LogP contribution in [0.2, 0.25) is 5.28 Å². The maximum absolute atomic E-state index is 15.7. The van der Waals surface area contributed by atoms with Gasteiger partial charge in [0.1, 0.15) is 11.6 Å². The van der Waals surface area contributed by atoms with Crippen molar-refractivity contribution in [2.45, 2.75) is 25.9 Å². The predicted molar refractivity (Wildman–Crippen MR) is 127 cm³/mol. The third kappa shape index (κ3) is 4.77. The van der Waals surface area contributed by atoms with Gasteiger partial charge in [0.15, 0.2) is 11.5 Å². The van der Waals surface area contributed by atoms with Crippen LogP contribution in [0, 0.1) is 5.82 Å². The molecule has 3 aromatic heterocycles. The summed E-state index contributed by atoms with van der Waals surface area (Å²) in [5, 5.41) is 5.52. The van der Waals surface area contributed by atoms with E-state index in [1.165, 1.54) is 0 Å². The molecule has 0 fully saturated rings. The van der Waals surface area contributed by atoms with Crippen molar-refractivity contribution in [3.05, 3.63) is 63.5 Å². The zero-order valence-electron chi connectivity index (χ0n) is 16.9. The molecule has 3 heterocycles. The van der Waals surface area contributed by atoms with Crippen molar-refractivity contribution >= 4 is 52.2 Å². The highest BCUT2D eigenvalue weighted by molar-refractivity contribution is 7.09.